The first-order chi connectivity index (χ1) is 14.7. The summed E-state index contributed by atoms with van der Waals surface area (Å²) in [5.74, 6) is 1.70. The van der Waals surface area contributed by atoms with Gasteiger partial charge in [-0.25, -0.2) is 24.5 Å². The zero-order chi connectivity index (χ0) is 20.7. The van der Waals surface area contributed by atoms with Gasteiger partial charge in [0, 0.05) is 10.5 Å². The molecule has 1 aromatic carbocycles. The number of aromatic amines is 1. The maximum atomic E-state index is 13.5. The third-order valence-electron chi connectivity index (χ3n) is 4.77. The van der Waals surface area contributed by atoms with Gasteiger partial charge in [0.05, 0.1) is 28.7 Å². The monoisotopic (exact) mass is 482 g/mol. The van der Waals surface area contributed by atoms with Crippen molar-refractivity contribution in [3.8, 4) is 5.82 Å². The van der Waals surface area contributed by atoms with E-state index in [2.05, 4.69) is 46.4 Å². The van der Waals surface area contributed by atoms with Crippen LogP contribution in [0.5, 0.6) is 0 Å². The summed E-state index contributed by atoms with van der Waals surface area (Å²) in [4.78, 5) is 32.1. The number of nitrogens with one attached hydrogen (secondary N) is 2. The predicted octanol–water partition coefficient (Wildman–Crippen LogP) is 3.83. The van der Waals surface area contributed by atoms with Gasteiger partial charge >= 0.3 is 0 Å². The van der Waals surface area contributed by atoms with Crippen molar-refractivity contribution >= 4 is 54.3 Å². The Balaban J connectivity index is 1.73. The van der Waals surface area contributed by atoms with E-state index in [0.29, 0.717) is 44.8 Å². The molecule has 0 fully saturated rings. The van der Waals surface area contributed by atoms with Gasteiger partial charge in [0.1, 0.15) is 28.3 Å². The van der Waals surface area contributed by atoms with Crippen LogP contribution in [0.2, 0.25) is 0 Å². The normalized spacial score (nSPS) is 12.5. The number of nitrogens with zero attached hydrogens (tertiary/aromatic N) is 6. The van der Waals surface area contributed by atoms with E-state index in [1.807, 2.05) is 25.1 Å². The predicted molar refractivity (Wildman–Crippen MR) is 119 cm³/mol. The number of rotatable bonds is 5. The average molecular weight is 483 g/mol. The number of hydrogen-bond donors (Lipinski definition) is 2. The molecule has 2 N–H and O–H groups in total. The highest BCUT2D eigenvalue weighted by molar-refractivity contribution is 9.10. The third kappa shape index (κ3) is 3.06. The molecule has 0 aliphatic heterocycles. The highest BCUT2D eigenvalue weighted by Crippen LogP contribution is 2.28. The van der Waals surface area contributed by atoms with Crippen molar-refractivity contribution in [1.29, 1.82) is 0 Å². The van der Waals surface area contributed by atoms with Gasteiger partial charge in [-0.15, -0.1) is 11.3 Å². The van der Waals surface area contributed by atoms with E-state index in [1.54, 1.807) is 22.3 Å². The zero-order valence-electron chi connectivity index (χ0n) is 15.7. The van der Waals surface area contributed by atoms with E-state index in [0.717, 1.165) is 4.83 Å². The second-order valence-electron chi connectivity index (χ2n) is 6.52. The highest BCUT2D eigenvalue weighted by atomic mass is 79.9. The summed E-state index contributed by atoms with van der Waals surface area (Å²) >= 11 is 4.93. The van der Waals surface area contributed by atoms with E-state index in [-0.39, 0.29) is 11.6 Å². The number of benzene rings is 1. The van der Waals surface area contributed by atoms with Gasteiger partial charge in [0.25, 0.3) is 5.56 Å². The molecule has 0 aliphatic rings. The lowest BCUT2D eigenvalue weighted by molar-refractivity contribution is 0.653. The molecule has 9 nitrogen and oxygen atoms in total. The van der Waals surface area contributed by atoms with Crippen molar-refractivity contribution in [1.82, 2.24) is 34.7 Å². The Labute approximate surface area is 182 Å². The summed E-state index contributed by atoms with van der Waals surface area (Å²) in [7, 11) is 0. The number of thiazole rings is 1. The van der Waals surface area contributed by atoms with Crippen molar-refractivity contribution in [2.75, 3.05) is 5.32 Å². The molecule has 0 amide bonds. The number of anilines is 1. The fourth-order valence-corrected chi connectivity index (χ4v) is 4.51. The van der Waals surface area contributed by atoms with Crippen LogP contribution in [-0.2, 0) is 0 Å². The Morgan fingerprint density at radius 1 is 1.27 bits per heavy atom. The van der Waals surface area contributed by atoms with Gasteiger partial charge in [0.15, 0.2) is 5.82 Å². The standard InChI is InChI=1S/C19H15BrN8OS/c1-2-11(25-16-15-18(22-8-21-16)30-9-23-15)17-26-12-5-3-4-10(20)14(12)19(29)28(17)13-6-7-24-27-13/h3-9,11H,2H2,1H3,(H,24,27)(H,21,22,25)/t11-/m0/s1. The number of halogens is 1. The van der Waals surface area contributed by atoms with E-state index in [1.165, 1.54) is 17.7 Å². The Hall–Kier alpha value is -3.18. The van der Waals surface area contributed by atoms with Crippen LogP contribution in [-0.4, -0.2) is 34.7 Å². The first kappa shape index (κ1) is 18.8. The van der Waals surface area contributed by atoms with Crippen LogP contribution < -0.4 is 10.9 Å². The molecular weight excluding hydrogens is 468 g/mol. The second-order valence-corrected chi connectivity index (χ2v) is 8.21. The van der Waals surface area contributed by atoms with E-state index < -0.39 is 0 Å². The molecule has 5 aromatic rings. The van der Waals surface area contributed by atoms with Crippen LogP contribution in [0.4, 0.5) is 5.82 Å². The fourth-order valence-electron chi connectivity index (χ4n) is 3.36. The molecule has 4 heterocycles. The maximum Gasteiger partial charge on any atom is 0.268 e. The van der Waals surface area contributed by atoms with E-state index in [4.69, 9.17) is 4.98 Å². The average Bonchev–Trinajstić information content (AvgIpc) is 3.44. The molecule has 30 heavy (non-hydrogen) atoms. The number of H-pyrrole nitrogens is 1. The summed E-state index contributed by atoms with van der Waals surface area (Å²) < 4.78 is 2.25. The Morgan fingerprint density at radius 3 is 2.97 bits per heavy atom. The molecule has 0 unspecified atom stereocenters. The third-order valence-corrected chi connectivity index (χ3v) is 6.16. The zero-order valence-corrected chi connectivity index (χ0v) is 18.1. The fraction of sp³-hybridized carbons (Fsp3) is 0.158. The van der Waals surface area contributed by atoms with Crippen molar-refractivity contribution in [3.63, 3.8) is 0 Å². The van der Waals surface area contributed by atoms with Crippen LogP contribution in [0.3, 0.4) is 0 Å². The molecule has 11 heteroatoms. The minimum Gasteiger partial charge on any atom is -0.358 e. The minimum absolute atomic E-state index is 0.187. The largest absolute Gasteiger partial charge is 0.358 e. The van der Waals surface area contributed by atoms with Crippen molar-refractivity contribution in [2.45, 2.75) is 19.4 Å². The molecule has 0 radical (unpaired) electrons. The van der Waals surface area contributed by atoms with Gasteiger partial charge in [-0.3, -0.25) is 9.89 Å². The minimum atomic E-state index is -0.302. The molecule has 4 aromatic heterocycles. The molecule has 150 valence electrons. The van der Waals surface area contributed by atoms with Crippen LogP contribution in [0.25, 0.3) is 27.1 Å². The Morgan fingerprint density at radius 2 is 2.17 bits per heavy atom. The molecule has 0 aliphatic carbocycles. The van der Waals surface area contributed by atoms with E-state index >= 15 is 0 Å². The van der Waals surface area contributed by atoms with Crippen LogP contribution in [0.15, 0.2) is 51.6 Å². The van der Waals surface area contributed by atoms with Gasteiger partial charge in [-0.2, -0.15) is 5.10 Å². The van der Waals surface area contributed by atoms with Crippen LogP contribution in [0, 0.1) is 0 Å². The number of aromatic nitrogens is 7. The first-order valence-corrected chi connectivity index (χ1v) is 10.9. The molecular formula is C19H15BrN8OS. The summed E-state index contributed by atoms with van der Waals surface area (Å²) in [6, 6.07) is 6.96. The quantitative estimate of drug-likeness (QED) is 0.391. The molecule has 1 atom stereocenters. The van der Waals surface area contributed by atoms with Crippen LogP contribution in [0.1, 0.15) is 25.2 Å². The number of hydrogen-bond acceptors (Lipinski definition) is 8. The number of fused-ring (bicyclic) bond motifs is 2. The molecule has 5 rings (SSSR count). The summed E-state index contributed by atoms with van der Waals surface area (Å²) in [5.41, 5.74) is 2.85. The molecule has 0 spiro atoms. The molecule has 0 bridgehead atoms. The van der Waals surface area contributed by atoms with Gasteiger partial charge in [-0.1, -0.05) is 13.0 Å². The SMILES string of the molecule is CC[C@H](Nc1ncnc2scnc12)c1nc2cccc(Br)c2c(=O)n1-c1ccn[nH]1. The first-order valence-electron chi connectivity index (χ1n) is 9.19. The molecule has 0 saturated heterocycles. The topological polar surface area (TPSA) is 114 Å². The van der Waals surface area contributed by atoms with Crippen molar-refractivity contribution in [3.05, 3.63) is 63.0 Å². The summed E-state index contributed by atoms with van der Waals surface area (Å²) in [5, 5.41) is 10.8. The smallest absolute Gasteiger partial charge is 0.268 e. The van der Waals surface area contributed by atoms with Gasteiger partial charge in [0.2, 0.25) is 0 Å². The lowest BCUT2D eigenvalue weighted by Gasteiger charge is -2.21. The lowest BCUT2D eigenvalue weighted by Crippen LogP contribution is -2.28. The van der Waals surface area contributed by atoms with Crippen molar-refractivity contribution < 1.29 is 0 Å². The van der Waals surface area contributed by atoms with Crippen molar-refractivity contribution in [2.24, 2.45) is 0 Å². The summed E-state index contributed by atoms with van der Waals surface area (Å²) in [6.07, 6.45) is 3.77. The highest BCUT2D eigenvalue weighted by Gasteiger charge is 2.23. The maximum absolute atomic E-state index is 13.5. The van der Waals surface area contributed by atoms with E-state index in [9.17, 15) is 4.79 Å². The van der Waals surface area contributed by atoms with Gasteiger partial charge < -0.3 is 5.32 Å². The van der Waals surface area contributed by atoms with Gasteiger partial charge in [-0.05, 0) is 34.5 Å². The Kier molecular flexibility index (Phi) is 4.75. The lowest BCUT2D eigenvalue weighted by atomic mass is 10.1. The second kappa shape index (κ2) is 7.58. The molecule has 0 saturated carbocycles. The van der Waals surface area contributed by atoms with Crippen LogP contribution >= 0.6 is 27.3 Å². The summed E-state index contributed by atoms with van der Waals surface area (Å²) in [6.45, 7) is 2.02. The Bertz CT molecular complexity index is 1410.